The average Bonchev–Trinajstić information content (AvgIpc) is 2.77. The maximum Gasteiger partial charge on any atom is 0.126 e. The van der Waals surface area contributed by atoms with Gasteiger partial charge in [-0.25, -0.2) is 4.39 Å². The number of thiophene rings is 1. The fourth-order valence-electron chi connectivity index (χ4n) is 1.80. The Labute approximate surface area is 118 Å². The molecule has 0 fully saturated rings. The number of hydrogen-bond acceptors (Lipinski definition) is 3. The highest BCUT2D eigenvalue weighted by Crippen LogP contribution is 2.27. The topological polar surface area (TPSA) is 38.0 Å². The molecule has 1 atom stereocenters. The van der Waals surface area contributed by atoms with E-state index >= 15 is 0 Å². The summed E-state index contributed by atoms with van der Waals surface area (Å²) in [6.07, 6.45) is 0.529. The molecule has 0 saturated heterocycles. The molecule has 2 aromatic rings. The molecule has 0 aliphatic carbocycles. The zero-order valence-corrected chi connectivity index (χ0v) is 12.3. The summed E-state index contributed by atoms with van der Waals surface area (Å²) in [5.41, 5.74) is 3.41. The van der Waals surface area contributed by atoms with E-state index in [0.29, 0.717) is 12.0 Å². The summed E-state index contributed by atoms with van der Waals surface area (Å²) >= 11 is 5.03. The Morgan fingerprint density at radius 2 is 2.17 bits per heavy atom. The van der Waals surface area contributed by atoms with E-state index in [9.17, 15) is 4.39 Å². The van der Waals surface area contributed by atoms with E-state index in [1.165, 1.54) is 10.9 Å². The summed E-state index contributed by atoms with van der Waals surface area (Å²) < 4.78 is 14.6. The van der Waals surface area contributed by atoms with Gasteiger partial charge < -0.3 is 0 Å². The monoisotopic (exact) mass is 328 g/mol. The summed E-state index contributed by atoms with van der Waals surface area (Å²) in [7, 11) is 0. The van der Waals surface area contributed by atoms with Gasteiger partial charge in [-0.2, -0.15) is 0 Å². The van der Waals surface area contributed by atoms with Gasteiger partial charge in [0.05, 0.1) is 6.04 Å². The van der Waals surface area contributed by atoms with Gasteiger partial charge in [-0.1, -0.05) is 15.9 Å². The number of benzene rings is 1. The van der Waals surface area contributed by atoms with Crippen molar-refractivity contribution in [3.05, 3.63) is 55.9 Å². The van der Waals surface area contributed by atoms with Gasteiger partial charge in [0.15, 0.2) is 0 Å². The van der Waals surface area contributed by atoms with Crippen molar-refractivity contribution in [2.24, 2.45) is 5.84 Å². The van der Waals surface area contributed by atoms with Crippen LogP contribution < -0.4 is 11.3 Å². The number of rotatable bonds is 4. The number of hydrazine groups is 1. The maximum atomic E-state index is 13.7. The molecule has 0 saturated carbocycles. The Hall–Kier alpha value is -0.750. The van der Waals surface area contributed by atoms with Crippen molar-refractivity contribution >= 4 is 27.3 Å². The lowest BCUT2D eigenvalue weighted by Crippen LogP contribution is -2.29. The van der Waals surface area contributed by atoms with Crippen LogP contribution in [0.15, 0.2) is 34.8 Å². The van der Waals surface area contributed by atoms with Crippen molar-refractivity contribution < 1.29 is 4.39 Å². The predicted molar refractivity (Wildman–Crippen MR) is 76.9 cm³/mol. The third-order valence-electron chi connectivity index (χ3n) is 2.74. The van der Waals surface area contributed by atoms with Crippen LogP contribution in [0.1, 0.15) is 21.4 Å². The quantitative estimate of drug-likeness (QED) is 0.663. The van der Waals surface area contributed by atoms with Gasteiger partial charge in [0.2, 0.25) is 0 Å². The van der Waals surface area contributed by atoms with Crippen LogP contribution in [0.2, 0.25) is 0 Å². The van der Waals surface area contributed by atoms with Crippen molar-refractivity contribution in [3.8, 4) is 0 Å². The van der Waals surface area contributed by atoms with Crippen molar-refractivity contribution in [2.45, 2.75) is 19.4 Å². The fourth-order valence-corrected chi connectivity index (χ4v) is 3.15. The summed E-state index contributed by atoms with van der Waals surface area (Å²) in [6, 6.07) is 8.96. The van der Waals surface area contributed by atoms with Crippen LogP contribution >= 0.6 is 27.3 Å². The van der Waals surface area contributed by atoms with E-state index in [4.69, 9.17) is 5.84 Å². The molecular weight excluding hydrogens is 315 g/mol. The molecule has 0 radical (unpaired) electrons. The molecule has 96 valence electrons. The van der Waals surface area contributed by atoms with Crippen LogP contribution in [0.4, 0.5) is 4.39 Å². The van der Waals surface area contributed by atoms with Crippen LogP contribution in [-0.2, 0) is 6.42 Å². The third kappa shape index (κ3) is 3.17. The van der Waals surface area contributed by atoms with E-state index < -0.39 is 0 Å². The highest BCUT2D eigenvalue weighted by Gasteiger charge is 2.15. The smallest absolute Gasteiger partial charge is 0.126 e. The van der Waals surface area contributed by atoms with Gasteiger partial charge in [0.25, 0.3) is 0 Å². The summed E-state index contributed by atoms with van der Waals surface area (Å²) in [6.45, 7) is 2.04. The third-order valence-corrected chi connectivity index (χ3v) is 4.35. The van der Waals surface area contributed by atoms with E-state index in [2.05, 4.69) is 21.4 Å². The molecule has 2 rings (SSSR count). The molecule has 0 aliphatic heterocycles. The van der Waals surface area contributed by atoms with Crippen molar-refractivity contribution in [1.82, 2.24) is 5.43 Å². The Bertz CT molecular complexity index is 542. The number of hydrogen-bond donors (Lipinski definition) is 2. The Balaban J connectivity index is 2.22. The van der Waals surface area contributed by atoms with Gasteiger partial charge in [-0.15, -0.1) is 11.3 Å². The second kappa shape index (κ2) is 5.93. The van der Waals surface area contributed by atoms with E-state index in [1.807, 2.05) is 19.1 Å². The molecule has 1 heterocycles. The van der Waals surface area contributed by atoms with Crippen LogP contribution in [0.3, 0.4) is 0 Å². The summed E-state index contributed by atoms with van der Waals surface area (Å²) in [5.74, 6) is 5.37. The highest BCUT2D eigenvalue weighted by atomic mass is 79.9. The number of nitrogens with two attached hydrogens (primary N) is 1. The SMILES string of the molecule is Cc1ccc(C(Cc2cc(Br)ccc2F)NN)s1. The minimum absolute atomic E-state index is 0.0625. The molecule has 0 aliphatic rings. The van der Waals surface area contributed by atoms with Crippen molar-refractivity contribution in [1.29, 1.82) is 0 Å². The van der Waals surface area contributed by atoms with Gasteiger partial charge in [0.1, 0.15) is 5.82 Å². The lowest BCUT2D eigenvalue weighted by Gasteiger charge is -2.15. The first-order valence-electron chi connectivity index (χ1n) is 5.56. The first-order chi connectivity index (χ1) is 8.60. The van der Waals surface area contributed by atoms with Crippen molar-refractivity contribution in [2.75, 3.05) is 0 Å². The molecule has 0 amide bonds. The lowest BCUT2D eigenvalue weighted by atomic mass is 10.0. The first kappa shape index (κ1) is 13.7. The van der Waals surface area contributed by atoms with Gasteiger partial charge in [0, 0.05) is 14.2 Å². The molecule has 0 bridgehead atoms. The second-order valence-electron chi connectivity index (χ2n) is 4.11. The summed E-state index contributed by atoms with van der Waals surface area (Å²) in [5, 5.41) is 0. The largest absolute Gasteiger partial charge is 0.271 e. The maximum absolute atomic E-state index is 13.7. The molecule has 0 spiro atoms. The fraction of sp³-hybridized carbons (Fsp3) is 0.231. The minimum Gasteiger partial charge on any atom is -0.271 e. The minimum atomic E-state index is -0.202. The summed E-state index contributed by atoms with van der Waals surface area (Å²) in [4.78, 5) is 2.34. The zero-order valence-electron chi connectivity index (χ0n) is 9.91. The first-order valence-corrected chi connectivity index (χ1v) is 7.17. The van der Waals surface area contributed by atoms with Crippen LogP contribution in [0.5, 0.6) is 0 Å². The van der Waals surface area contributed by atoms with Gasteiger partial charge in [-0.3, -0.25) is 11.3 Å². The molecule has 2 nitrogen and oxygen atoms in total. The standard InChI is InChI=1S/C13H14BrFN2S/c1-8-2-5-13(18-8)12(17-16)7-9-6-10(14)3-4-11(9)15/h2-6,12,17H,7,16H2,1H3. The molecule has 1 unspecified atom stereocenters. The number of aryl methyl sites for hydroxylation is 1. The van der Waals surface area contributed by atoms with E-state index in [0.717, 1.165) is 9.35 Å². The van der Waals surface area contributed by atoms with Crippen LogP contribution in [0, 0.1) is 12.7 Å². The Morgan fingerprint density at radius 3 is 2.78 bits per heavy atom. The molecule has 5 heteroatoms. The molecule has 3 N–H and O–H groups in total. The second-order valence-corrected chi connectivity index (χ2v) is 6.34. The molecular formula is C13H14BrFN2S. The van der Waals surface area contributed by atoms with E-state index in [-0.39, 0.29) is 11.9 Å². The van der Waals surface area contributed by atoms with Crippen LogP contribution in [0.25, 0.3) is 0 Å². The number of nitrogens with one attached hydrogen (secondary N) is 1. The normalized spacial score (nSPS) is 12.7. The number of halogens is 2. The Morgan fingerprint density at radius 1 is 1.39 bits per heavy atom. The highest BCUT2D eigenvalue weighted by molar-refractivity contribution is 9.10. The van der Waals surface area contributed by atoms with E-state index in [1.54, 1.807) is 23.5 Å². The van der Waals surface area contributed by atoms with Crippen LogP contribution in [-0.4, -0.2) is 0 Å². The zero-order chi connectivity index (χ0) is 13.1. The molecule has 1 aromatic carbocycles. The van der Waals surface area contributed by atoms with Gasteiger partial charge >= 0.3 is 0 Å². The predicted octanol–water partition coefficient (Wildman–Crippen LogP) is 3.71. The Kier molecular flexibility index (Phi) is 4.50. The van der Waals surface area contributed by atoms with Gasteiger partial charge in [-0.05, 0) is 49.2 Å². The lowest BCUT2D eigenvalue weighted by molar-refractivity contribution is 0.535. The average molecular weight is 329 g/mol. The van der Waals surface area contributed by atoms with Crippen molar-refractivity contribution in [3.63, 3.8) is 0 Å². The molecule has 1 aromatic heterocycles. The molecule has 18 heavy (non-hydrogen) atoms.